The quantitative estimate of drug-likeness (QED) is 0.863. The van der Waals surface area contributed by atoms with Gasteiger partial charge in [-0.15, -0.1) is 0 Å². The molecule has 1 aliphatic rings. The number of carbonyl (C=O) groups excluding carboxylic acids is 1. The predicted molar refractivity (Wildman–Crippen MR) is 80.0 cm³/mol. The van der Waals surface area contributed by atoms with Crippen molar-refractivity contribution in [2.45, 2.75) is 38.6 Å². The maximum absolute atomic E-state index is 13.3. The van der Waals surface area contributed by atoms with Gasteiger partial charge in [0.15, 0.2) is 5.76 Å². The van der Waals surface area contributed by atoms with Crippen LogP contribution in [0.1, 0.15) is 60.5 Å². The Morgan fingerprint density at radius 1 is 1.41 bits per heavy atom. The van der Waals surface area contributed by atoms with E-state index in [1.165, 1.54) is 12.1 Å². The molecule has 4 nitrogen and oxygen atoms in total. The monoisotopic (exact) mass is 302 g/mol. The van der Waals surface area contributed by atoms with Crippen LogP contribution in [-0.2, 0) is 0 Å². The summed E-state index contributed by atoms with van der Waals surface area (Å²) in [5.74, 6) is 0.435. The van der Waals surface area contributed by atoms with Gasteiger partial charge in [0, 0.05) is 18.2 Å². The molecule has 2 aromatic rings. The van der Waals surface area contributed by atoms with Crippen LogP contribution >= 0.6 is 0 Å². The number of amides is 1. The minimum absolute atomic E-state index is 0.115. The standard InChI is InChI=1S/C17H19FN2O2/c1-11(2)14-10-16(22-19-14)15-7-4-8-20(15)17(21)12-5-3-6-13(18)9-12/h3,5-6,9-11,15H,4,7-8H2,1-2H3/t15-/m0/s1. The summed E-state index contributed by atoms with van der Waals surface area (Å²) in [6, 6.07) is 7.61. The smallest absolute Gasteiger partial charge is 0.254 e. The van der Waals surface area contributed by atoms with Crippen molar-refractivity contribution in [2.24, 2.45) is 0 Å². The molecule has 1 fully saturated rings. The van der Waals surface area contributed by atoms with Gasteiger partial charge in [0.25, 0.3) is 5.91 Å². The number of nitrogens with zero attached hydrogens (tertiary/aromatic N) is 2. The molecule has 1 aromatic carbocycles. The van der Waals surface area contributed by atoms with E-state index in [1.807, 2.05) is 19.9 Å². The van der Waals surface area contributed by atoms with Crippen molar-refractivity contribution in [3.63, 3.8) is 0 Å². The zero-order valence-corrected chi connectivity index (χ0v) is 12.8. The molecular weight excluding hydrogens is 283 g/mol. The second kappa shape index (κ2) is 5.91. The first-order chi connectivity index (χ1) is 10.6. The molecule has 116 valence electrons. The lowest BCUT2D eigenvalue weighted by atomic mass is 10.1. The molecule has 0 saturated carbocycles. The lowest BCUT2D eigenvalue weighted by Crippen LogP contribution is -2.30. The van der Waals surface area contributed by atoms with Crippen LogP contribution in [0.15, 0.2) is 34.9 Å². The molecule has 3 rings (SSSR count). The second-order valence-electron chi connectivity index (χ2n) is 5.98. The number of hydrogen-bond acceptors (Lipinski definition) is 3. The van der Waals surface area contributed by atoms with Crippen LogP contribution < -0.4 is 0 Å². The molecule has 22 heavy (non-hydrogen) atoms. The van der Waals surface area contributed by atoms with E-state index in [2.05, 4.69) is 5.16 Å². The highest BCUT2D eigenvalue weighted by atomic mass is 19.1. The first kappa shape index (κ1) is 14.8. The molecule has 1 saturated heterocycles. The Balaban J connectivity index is 1.84. The maximum Gasteiger partial charge on any atom is 0.254 e. The van der Waals surface area contributed by atoms with Gasteiger partial charge in [0.1, 0.15) is 5.82 Å². The van der Waals surface area contributed by atoms with Gasteiger partial charge in [0.05, 0.1) is 11.7 Å². The third-order valence-electron chi connectivity index (χ3n) is 4.05. The van der Waals surface area contributed by atoms with Gasteiger partial charge in [0.2, 0.25) is 0 Å². The molecule has 2 heterocycles. The van der Waals surface area contributed by atoms with Gasteiger partial charge in [-0.2, -0.15) is 0 Å². The van der Waals surface area contributed by atoms with Gasteiger partial charge in [-0.1, -0.05) is 25.1 Å². The van der Waals surface area contributed by atoms with Gasteiger partial charge in [-0.25, -0.2) is 4.39 Å². The van der Waals surface area contributed by atoms with E-state index in [0.717, 1.165) is 18.5 Å². The number of benzene rings is 1. The second-order valence-corrected chi connectivity index (χ2v) is 5.98. The summed E-state index contributed by atoms with van der Waals surface area (Å²) in [6.07, 6.45) is 1.75. The van der Waals surface area contributed by atoms with Crippen molar-refractivity contribution in [3.05, 3.63) is 53.2 Å². The van der Waals surface area contributed by atoms with Gasteiger partial charge < -0.3 is 9.42 Å². The number of hydrogen-bond donors (Lipinski definition) is 0. The van der Waals surface area contributed by atoms with E-state index < -0.39 is 5.82 Å². The van der Waals surface area contributed by atoms with Crippen LogP contribution in [0.5, 0.6) is 0 Å². The topological polar surface area (TPSA) is 46.3 Å². The van der Waals surface area contributed by atoms with E-state index in [1.54, 1.807) is 17.0 Å². The lowest BCUT2D eigenvalue weighted by Gasteiger charge is -2.22. The normalized spacial score (nSPS) is 18.2. The highest BCUT2D eigenvalue weighted by Gasteiger charge is 2.33. The van der Waals surface area contributed by atoms with Gasteiger partial charge in [-0.3, -0.25) is 4.79 Å². The first-order valence-corrected chi connectivity index (χ1v) is 7.59. The summed E-state index contributed by atoms with van der Waals surface area (Å²) >= 11 is 0. The van der Waals surface area contributed by atoms with E-state index >= 15 is 0 Å². The molecule has 1 atom stereocenters. The molecule has 1 aliphatic heterocycles. The van der Waals surface area contributed by atoms with E-state index in [-0.39, 0.29) is 17.9 Å². The van der Waals surface area contributed by atoms with Crippen LogP contribution in [0.2, 0.25) is 0 Å². The highest BCUT2D eigenvalue weighted by molar-refractivity contribution is 5.94. The summed E-state index contributed by atoms with van der Waals surface area (Å²) in [4.78, 5) is 14.4. The number of likely N-dealkylation sites (tertiary alicyclic amines) is 1. The van der Waals surface area contributed by atoms with E-state index in [4.69, 9.17) is 4.52 Å². The summed E-state index contributed by atoms with van der Waals surface area (Å²) in [6.45, 7) is 4.75. The number of aromatic nitrogens is 1. The summed E-state index contributed by atoms with van der Waals surface area (Å²) in [5, 5.41) is 4.07. The Morgan fingerprint density at radius 3 is 2.91 bits per heavy atom. The molecular formula is C17H19FN2O2. The first-order valence-electron chi connectivity index (χ1n) is 7.59. The average Bonchev–Trinajstić information content (AvgIpc) is 3.15. The Hall–Kier alpha value is -2.17. The molecule has 0 unspecified atom stereocenters. The highest BCUT2D eigenvalue weighted by Crippen LogP contribution is 2.34. The average molecular weight is 302 g/mol. The zero-order valence-electron chi connectivity index (χ0n) is 12.8. The largest absolute Gasteiger partial charge is 0.359 e. The number of rotatable bonds is 3. The zero-order chi connectivity index (χ0) is 15.7. The van der Waals surface area contributed by atoms with Gasteiger partial charge in [-0.05, 0) is 37.0 Å². The maximum atomic E-state index is 13.3. The molecule has 1 amide bonds. The van der Waals surface area contributed by atoms with Crippen molar-refractivity contribution in [3.8, 4) is 0 Å². The Labute approximate surface area is 128 Å². The van der Waals surface area contributed by atoms with Crippen molar-refractivity contribution >= 4 is 5.91 Å². The fraction of sp³-hybridized carbons (Fsp3) is 0.412. The van der Waals surface area contributed by atoms with Crippen LogP contribution in [0, 0.1) is 5.82 Å². The van der Waals surface area contributed by atoms with Crippen molar-refractivity contribution in [1.29, 1.82) is 0 Å². The van der Waals surface area contributed by atoms with Crippen molar-refractivity contribution < 1.29 is 13.7 Å². The molecule has 0 spiro atoms. The third-order valence-corrected chi connectivity index (χ3v) is 4.05. The number of carbonyl (C=O) groups is 1. The fourth-order valence-corrected chi connectivity index (χ4v) is 2.83. The molecule has 0 bridgehead atoms. The SMILES string of the molecule is CC(C)c1cc([C@@H]2CCCN2C(=O)c2cccc(F)c2)on1. The molecule has 1 aromatic heterocycles. The van der Waals surface area contributed by atoms with E-state index in [0.29, 0.717) is 17.9 Å². The molecule has 5 heteroatoms. The summed E-state index contributed by atoms with van der Waals surface area (Å²) in [7, 11) is 0. The van der Waals surface area contributed by atoms with E-state index in [9.17, 15) is 9.18 Å². The lowest BCUT2D eigenvalue weighted by molar-refractivity contribution is 0.0714. The Morgan fingerprint density at radius 2 is 2.23 bits per heavy atom. The Bertz CT molecular complexity index is 681. The number of halogens is 1. The van der Waals surface area contributed by atoms with Gasteiger partial charge >= 0.3 is 0 Å². The van der Waals surface area contributed by atoms with Crippen LogP contribution in [0.4, 0.5) is 4.39 Å². The van der Waals surface area contributed by atoms with Crippen LogP contribution in [0.3, 0.4) is 0 Å². The fourth-order valence-electron chi connectivity index (χ4n) is 2.83. The molecule has 0 aliphatic carbocycles. The Kier molecular flexibility index (Phi) is 3.96. The minimum Gasteiger partial charge on any atom is -0.359 e. The van der Waals surface area contributed by atoms with Crippen molar-refractivity contribution in [2.75, 3.05) is 6.54 Å². The molecule has 0 N–H and O–H groups in total. The minimum atomic E-state index is -0.400. The van der Waals surface area contributed by atoms with Crippen LogP contribution in [0.25, 0.3) is 0 Å². The van der Waals surface area contributed by atoms with Crippen LogP contribution in [-0.4, -0.2) is 22.5 Å². The third kappa shape index (κ3) is 2.75. The summed E-state index contributed by atoms with van der Waals surface area (Å²) in [5.41, 5.74) is 1.26. The predicted octanol–water partition coefficient (Wildman–Crippen LogP) is 3.91. The molecule has 0 radical (unpaired) electrons. The van der Waals surface area contributed by atoms with Crippen molar-refractivity contribution in [1.82, 2.24) is 10.1 Å². The summed E-state index contributed by atoms with van der Waals surface area (Å²) < 4.78 is 18.8.